The van der Waals surface area contributed by atoms with Crippen LogP contribution >= 0.6 is 22.9 Å². The van der Waals surface area contributed by atoms with Crippen LogP contribution in [0.2, 0.25) is 5.02 Å². The average molecular weight is 418 g/mol. The lowest BCUT2D eigenvalue weighted by Crippen LogP contribution is -2.52. The Morgan fingerprint density at radius 1 is 1.07 bits per heavy atom. The van der Waals surface area contributed by atoms with Crippen LogP contribution < -0.4 is 4.90 Å². The molecule has 2 aromatic carbocycles. The zero-order valence-electron chi connectivity index (χ0n) is 15.0. The van der Waals surface area contributed by atoms with Crippen LogP contribution in [0.1, 0.15) is 11.1 Å². The first-order valence-electron chi connectivity index (χ1n) is 9.04. The standard InChI is InChI=1S/C20H20ClN3O3S/c21-13-4-3-5-14(12-13)23-8-10-24(11-9-23)20(27)18(26)17(25)19-22-15-6-1-2-7-16(15)28-19/h1-7,12,17-18,25-26H,8-11H2. The third kappa shape index (κ3) is 3.84. The summed E-state index contributed by atoms with van der Waals surface area (Å²) < 4.78 is 0.909. The SMILES string of the molecule is O=C(C(O)C(O)c1nc2ccccc2s1)N1CCN(c2cccc(Cl)c2)CC1. The van der Waals surface area contributed by atoms with Gasteiger partial charge in [0, 0.05) is 36.9 Å². The number of aromatic nitrogens is 1. The van der Waals surface area contributed by atoms with Crippen molar-refractivity contribution in [2.24, 2.45) is 0 Å². The van der Waals surface area contributed by atoms with Crippen molar-refractivity contribution in [1.29, 1.82) is 0 Å². The second kappa shape index (κ2) is 8.05. The highest BCUT2D eigenvalue weighted by atomic mass is 35.5. The summed E-state index contributed by atoms with van der Waals surface area (Å²) in [7, 11) is 0. The van der Waals surface area contributed by atoms with Crippen LogP contribution in [0, 0.1) is 0 Å². The predicted molar refractivity (Wildman–Crippen MR) is 111 cm³/mol. The Morgan fingerprint density at radius 2 is 1.82 bits per heavy atom. The largest absolute Gasteiger partial charge is 0.383 e. The summed E-state index contributed by atoms with van der Waals surface area (Å²) in [6.45, 7) is 2.20. The van der Waals surface area contributed by atoms with E-state index in [2.05, 4.69) is 9.88 Å². The first kappa shape index (κ1) is 19.1. The Bertz CT molecular complexity index is 954. The number of hydrogen-bond donors (Lipinski definition) is 2. The van der Waals surface area contributed by atoms with Gasteiger partial charge in [0.15, 0.2) is 6.10 Å². The maximum atomic E-state index is 12.7. The fraction of sp³-hybridized carbons (Fsp3) is 0.300. The molecule has 1 aliphatic rings. The number of carbonyl (C=O) groups is 1. The normalized spacial score (nSPS) is 17.0. The topological polar surface area (TPSA) is 76.9 Å². The lowest BCUT2D eigenvalue weighted by molar-refractivity contribution is -0.146. The number of fused-ring (bicyclic) bond motifs is 1. The van der Waals surface area contributed by atoms with Crippen LogP contribution in [0.4, 0.5) is 5.69 Å². The summed E-state index contributed by atoms with van der Waals surface area (Å²) in [6.07, 6.45) is -2.87. The molecule has 1 fully saturated rings. The van der Waals surface area contributed by atoms with Crippen molar-refractivity contribution in [3.8, 4) is 0 Å². The third-order valence-corrected chi connectivity index (χ3v) is 6.22. The summed E-state index contributed by atoms with van der Waals surface area (Å²) in [5.74, 6) is -0.475. The smallest absolute Gasteiger partial charge is 0.254 e. The van der Waals surface area contributed by atoms with Crippen molar-refractivity contribution in [3.63, 3.8) is 0 Å². The molecule has 0 bridgehead atoms. The van der Waals surface area contributed by atoms with Gasteiger partial charge in [-0.1, -0.05) is 29.8 Å². The summed E-state index contributed by atoms with van der Waals surface area (Å²) in [5.41, 5.74) is 1.76. The van der Waals surface area contributed by atoms with Gasteiger partial charge in [0.05, 0.1) is 10.2 Å². The van der Waals surface area contributed by atoms with Crippen molar-refractivity contribution in [3.05, 3.63) is 58.6 Å². The fourth-order valence-electron chi connectivity index (χ4n) is 3.33. The zero-order chi connectivity index (χ0) is 19.7. The molecule has 0 aliphatic carbocycles. The minimum absolute atomic E-state index is 0.347. The number of para-hydroxylation sites is 1. The first-order valence-corrected chi connectivity index (χ1v) is 10.2. The second-order valence-corrected chi connectivity index (χ2v) is 8.20. The molecule has 2 unspecified atom stereocenters. The Morgan fingerprint density at radius 3 is 2.54 bits per heavy atom. The second-order valence-electron chi connectivity index (χ2n) is 6.70. The van der Waals surface area contributed by atoms with Gasteiger partial charge >= 0.3 is 0 Å². The summed E-state index contributed by atoms with van der Waals surface area (Å²) >= 11 is 7.33. The van der Waals surface area contributed by atoms with Gasteiger partial charge in [0.2, 0.25) is 0 Å². The van der Waals surface area contributed by atoms with Crippen LogP contribution in [0.25, 0.3) is 10.2 Å². The molecule has 146 valence electrons. The maximum absolute atomic E-state index is 12.7. The van der Waals surface area contributed by atoms with E-state index in [1.54, 1.807) is 4.90 Å². The summed E-state index contributed by atoms with van der Waals surface area (Å²) in [6, 6.07) is 15.1. The van der Waals surface area contributed by atoms with Gasteiger partial charge in [0.1, 0.15) is 11.1 Å². The highest BCUT2D eigenvalue weighted by Gasteiger charge is 2.33. The van der Waals surface area contributed by atoms with E-state index in [9.17, 15) is 15.0 Å². The van der Waals surface area contributed by atoms with E-state index >= 15 is 0 Å². The number of rotatable bonds is 4. The van der Waals surface area contributed by atoms with Gasteiger partial charge in [-0.15, -0.1) is 11.3 Å². The van der Waals surface area contributed by atoms with Crippen molar-refractivity contribution in [1.82, 2.24) is 9.88 Å². The number of amides is 1. The highest BCUT2D eigenvalue weighted by molar-refractivity contribution is 7.18. The van der Waals surface area contributed by atoms with Crippen LogP contribution in [0.3, 0.4) is 0 Å². The van der Waals surface area contributed by atoms with Crippen molar-refractivity contribution < 1.29 is 15.0 Å². The number of aliphatic hydroxyl groups excluding tert-OH is 2. The monoisotopic (exact) mass is 417 g/mol. The fourth-order valence-corrected chi connectivity index (χ4v) is 4.50. The molecule has 1 saturated heterocycles. The van der Waals surface area contributed by atoms with E-state index in [1.165, 1.54) is 11.3 Å². The lowest BCUT2D eigenvalue weighted by atomic mass is 10.1. The Hall–Kier alpha value is -2.19. The number of nitrogens with zero attached hydrogens (tertiary/aromatic N) is 3. The number of piperazine rings is 1. The minimum Gasteiger partial charge on any atom is -0.383 e. The van der Waals surface area contributed by atoms with E-state index in [-0.39, 0.29) is 0 Å². The lowest BCUT2D eigenvalue weighted by Gasteiger charge is -2.37. The quantitative estimate of drug-likeness (QED) is 0.682. The number of halogens is 1. The van der Waals surface area contributed by atoms with Crippen LogP contribution in [0.5, 0.6) is 0 Å². The Labute approximate surface area is 171 Å². The van der Waals surface area contributed by atoms with Crippen LogP contribution in [-0.4, -0.2) is 58.3 Å². The average Bonchev–Trinajstić information content (AvgIpc) is 3.16. The summed E-state index contributed by atoms with van der Waals surface area (Å²) in [5, 5.41) is 21.9. The highest BCUT2D eigenvalue weighted by Crippen LogP contribution is 2.29. The van der Waals surface area contributed by atoms with Gasteiger partial charge in [-0.05, 0) is 30.3 Å². The van der Waals surface area contributed by atoms with E-state index in [0.29, 0.717) is 36.2 Å². The van der Waals surface area contributed by atoms with Crippen LogP contribution in [-0.2, 0) is 4.79 Å². The molecule has 6 nitrogen and oxygen atoms in total. The molecule has 0 radical (unpaired) electrons. The molecule has 1 aromatic heterocycles. The van der Waals surface area contributed by atoms with E-state index < -0.39 is 18.1 Å². The molecular formula is C20H20ClN3O3S. The molecule has 3 aromatic rings. The minimum atomic E-state index is -1.53. The summed E-state index contributed by atoms with van der Waals surface area (Å²) in [4.78, 5) is 20.7. The first-order chi connectivity index (χ1) is 13.5. The van der Waals surface area contributed by atoms with Gasteiger partial charge in [-0.25, -0.2) is 4.98 Å². The molecule has 2 atom stereocenters. The molecule has 1 amide bonds. The number of aliphatic hydroxyl groups is 2. The van der Waals surface area contributed by atoms with Gasteiger partial charge in [0.25, 0.3) is 5.91 Å². The maximum Gasteiger partial charge on any atom is 0.254 e. The number of thiazole rings is 1. The number of anilines is 1. The third-order valence-electron chi connectivity index (χ3n) is 4.88. The molecule has 28 heavy (non-hydrogen) atoms. The Kier molecular flexibility index (Phi) is 5.50. The molecule has 8 heteroatoms. The van der Waals surface area contributed by atoms with Crippen molar-refractivity contribution in [2.45, 2.75) is 12.2 Å². The number of benzene rings is 2. The van der Waals surface area contributed by atoms with Gasteiger partial charge < -0.3 is 20.0 Å². The number of carbonyl (C=O) groups excluding carboxylic acids is 1. The molecular weight excluding hydrogens is 398 g/mol. The van der Waals surface area contributed by atoms with E-state index in [1.807, 2.05) is 48.5 Å². The van der Waals surface area contributed by atoms with Gasteiger partial charge in [-0.2, -0.15) is 0 Å². The molecule has 2 N–H and O–H groups in total. The zero-order valence-corrected chi connectivity index (χ0v) is 16.6. The Balaban J connectivity index is 1.40. The number of hydrogen-bond acceptors (Lipinski definition) is 6. The molecule has 1 aliphatic heterocycles. The van der Waals surface area contributed by atoms with E-state index in [0.717, 1.165) is 15.9 Å². The van der Waals surface area contributed by atoms with Crippen LogP contribution in [0.15, 0.2) is 48.5 Å². The van der Waals surface area contributed by atoms with Crippen molar-refractivity contribution >= 4 is 44.7 Å². The van der Waals surface area contributed by atoms with Crippen molar-refractivity contribution in [2.75, 3.05) is 31.1 Å². The molecule has 0 saturated carbocycles. The molecule has 2 heterocycles. The van der Waals surface area contributed by atoms with Gasteiger partial charge in [-0.3, -0.25) is 4.79 Å². The predicted octanol–water partition coefficient (Wildman–Crippen LogP) is 2.69. The molecule has 4 rings (SSSR count). The molecule has 0 spiro atoms. The van der Waals surface area contributed by atoms with E-state index in [4.69, 9.17) is 11.6 Å².